The minimum absolute atomic E-state index is 0.0243. The summed E-state index contributed by atoms with van der Waals surface area (Å²) in [5.74, 6) is 0.229. The van der Waals surface area contributed by atoms with E-state index in [1.54, 1.807) is 31.4 Å². The average molecular weight is 420 g/mol. The minimum atomic E-state index is -3.70. The van der Waals surface area contributed by atoms with Crippen molar-refractivity contribution in [3.05, 3.63) is 52.9 Å². The number of nitrogens with zero attached hydrogens (tertiary/aromatic N) is 2. The van der Waals surface area contributed by atoms with Crippen LogP contribution in [0.2, 0.25) is 0 Å². The molecule has 0 radical (unpaired) electrons. The summed E-state index contributed by atoms with van der Waals surface area (Å²) in [6.45, 7) is 0.660. The lowest BCUT2D eigenvalue weighted by atomic mass is 10.2. The second-order valence-corrected chi connectivity index (χ2v) is 8.86. The van der Waals surface area contributed by atoms with Crippen LogP contribution < -0.4 is 15.6 Å². The van der Waals surface area contributed by atoms with Gasteiger partial charge in [-0.1, -0.05) is 12.8 Å². The van der Waals surface area contributed by atoms with Crippen LogP contribution in [0.25, 0.3) is 0 Å². The van der Waals surface area contributed by atoms with Gasteiger partial charge in [-0.05, 0) is 43.2 Å². The van der Waals surface area contributed by atoms with Crippen molar-refractivity contribution in [2.24, 2.45) is 0 Å². The molecule has 1 N–H and O–H groups in total. The van der Waals surface area contributed by atoms with E-state index in [2.05, 4.69) is 5.32 Å². The number of anilines is 1. The van der Waals surface area contributed by atoms with Crippen LogP contribution in [0.15, 0.2) is 52.3 Å². The summed E-state index contributed by atoms with van der Waals surface area (Å²) >= 11 is 0. The number of pyridine rings is 1. The summed E-state index contributed by atoms with van der Waals surface area (Å²) in [5.41, 5.74) is 0.113. The Kier molecular flexibility index (Phi) is 6.71. The van der Waals surface area contributed by atoms with Crippen molar-refractivity contribution >= 4 is 21.6 Å². The van der Waals surface area contributed by atoms with Crippen LogP contribution in [0.3, 0.4) is 0 Å². The zero-order chi connectivity index (χ0) is 20.9. The van der Waals surface area contributed by atoms with Gasteiger partial charge in [-0.3, -0.25) is 9.59 Å². The molecule has 1 aliphatic heterocycles. The van der Waals surface area contributed by atoms with Gasteiger partial charge >= 0.3 is 0 Å². The summed E-state index contributed by atoms with van der Waals surface area (Å²) in [4.78, 5) is 24.5. The predicted octanol–water partition coefficient (Wildman–Crippen LogP) is 2.06. The highest BCUT2D eigenvalue weighted by molar-refractivity contribution is 7.89. The molecule has 2 heterocycles. The molecule has 0 spiro atoms. The van der Waals surface area contributed by atoms with Crippen molar-refractivity contribution in [2.75, 3.05) is 25.5 Å². The number of carbonyl (C=O) groups is 1. The first-order valence-corrected chi connectivity index (χ1v) is 11.0. The van der Waals surface area contributed by atoms with E-state index in [0.717, 1.165) is 30.3 Å². The van der Waals surface area contributed by atoms with Crippen molar-refractivity contribution in [3.8, 4) is 5.75 Å². The molecule has 0 saturated carbocycles. The Hall–Kier alpha value is -2.65. The first kappa shape index (κ1) is 21.1. The molecule has 1 aromatic heterocycles. The highest BCUT2D eigenvalue weighted by Crippen LogP contribution is 2.19. The number of amides is 1. The van der Waals surface area contributed by atoms with E-state index in [9.17, 15) is 18.0 Å². The summed E-state index contributed by atoms with van der Waals surface area (Å²) in [5, 5.41) is 2.68. The van der Waals surface area contributed by atoms with E-state index in [0.29, 0.717) is 24.5 Å². The zero-order valence-electron chi connectivity index (χ0n) is 16.3. The molecule has 2 aromatic rings. The largest absolute Gasteiger partial charge is 0.497 e. The molecule has 8 nitrogen and oxygen atoms in total. The van der Waals surface area contributed by atoms with Crippen LogP contribution in [-0.2, 0) is 21.4 Å². The minimum Gasteiger partial charge on any atom is -0.497 e. The predicted molar refractivity (Wildman–Crippen MR) is 110 cm³/mol. The van der Waals surface area contributed by atoms with Gasteiger partial charge in [0.1, 0.15) is 12.3 Å². The number of hydrogen-bond acceptors (Lipinski definition) is 5. The number of rotatable bonds is 6. The topological polar surface area (TPSA) is 97.7 Å². The molecule has 0 aliphatic carbocycles. The van der Waals surface area contributed by atoms with E-state index in [-0.39, 0.29) is 11.4 Å². The van der Waals surface area contributed by atoms with Gasteiger partial charge in [-0.15, -0.1) is 0 Å². The average Bonchev–Trinajstić information content (AvgIpc) is 3.00. The fourth-order valence-electron chi connectivity index (χ4n) is 3.25. The van der Waals surface area contributed by atoms with Gasteiger partial charge in [0, 0.05) is 31.0 Å². The van der Waals surface area contributed by atoms with Gasteiger partial charge < -0.3 is 14.6 Å². The molecule has 1 fully saturated rings. The van der Waals surface area contributed by atoms with Crippen LogP contribution in [0.1, 0.15) is 25.7 Å². The quantitative estimate of drug-likeness (QED) is 0.773. The van der Waals surface area contributed by atoms with Crippen LogP contribution >= 0.6 is 0 Å². The molecule has 1 aliphatic rings. The van der Waals surface area contributed by atoms with Crippen molar-refractivity contribution in [1.82, 2.24) is 8.87 Å². The molecular formula is C20H25N3O5S. The normalized spacial score (nSPS) is 15.5. The van der Waals surface area contributed by atoms with Crippen molar-refractivity contribution < 1.29 is 17.9 Å². The maximum atomic E-state index is 12.9. The lowest BCUT2D eigenvalue weighted by Gasteiger charge is -2.20. The number of aromatic nitrogens is 1. The van der Waals surface area contributed by atoms with Crippen molar-refractivity contribution in [3.63, 3.8) is 0 Å². The van der Waals surface area contributed by atoms with Crippen LogP contribution in [0, 0.1) is 0 Å². The molecule has 29 heavy (non-hydrogen) atoms. The van der Waals surface area contributed by atoms with Gasteiger partial charge in [0.2, 0.25) is 15.9 Å². The fourth-order valence-corrected chi connectivity index (χ4v) is 4.78. The van der Waals surface area contributed by atoms with E-state index >= 15 is 0 Å². The number of nitrogens with one attached hydrogen (secondary N) is 1. The first-order chi connectivity index (χ1) is 13.9. The molecular weight excluding hydrogens is 394 g/mol. The third kappa shape index (κ3) is 5.24. The SMILES string of the molecule is COc1ccc(NC(=O)Cn2cc(S(=O)(=O)N3CCCCCC3)ccc2=O)cc1. The summed E-state index contributed by atoms with van der Waals surface area (Å²) in [6.07, 6.45) is 4.91. The number of carbonyl (C=O) groups excluding carboxylic acids is 1. The van der Waals surface area contributed by atoms with Crippen LogP contribution in [-0.4, -0.2) is 43.4 Å². The van der Waals surface area contributed by atoms with E-state index in [1.807, 2.05) is 0 Å². The number of benzene rings is 1. The van der Waals surface area contributed by atoms with Crippen LogP contribution in [0.4, 0.5) is 5.69 Å². The molecule has 0 atom stereocenters. The van der Waals surface area contributed by atoms with E-state index in [1.165, 1.54) is 22.6 Å². The van der Waals surface area contributed by atoms with Gasteiger partial charge in [0.15, 0.2) is 0 Å². The Morgan fingerprint density at radius 1 is 1.03 bits per heavy atom. The smallest absolute Gasteiger partial charge is 0.251 e. The first-order valence-electron chi connectivity index (χ1n) is 9.55. The van der Waals surface area contributed by atoms with Crippen molar-refractivity contribution in [2.45, 2.75) is 37.1 Å². The summed E-state index contributed by atoms with van der Waals surface area (Å²) < 4.78 is 33.5. The Labute approximate surface area is 170 Å². The van der Waals surface area contributed by atoms with Gasteiger partial charge in [-0.2, -0.15) is 4.31 Å². The van der Waals surface area contributed by atoms with Gasteiger partial charge in [-0.25, -0.2) is 8.42 Å². The fraction of sp³-hybridized carbons (Fsp3) is 0.400. The summed E-state index contributed by atoms with van der Waals surface area (Å²) in [7, 11) is -2.15. The Bertz CT molecular complexity index is 1010. The maximum Gasteiger partial charge on any atom is 0.251 e. The molecule has 1 aromatic carbocycles. The Balaban J connectivity index is 1.75. The molecule has 0 unspecified atom stereocenters. The van der Waals surface area contributed by atoms with Gasteiger partial charge in [0.25, 0.3) is 5.56 Å². The third-order valence-electron chi connectivity index (χ3n) is 4.85. The van der Waals surface area contributed by atoms with E-state index in [4.69, 9.17) is 4.74 Å². The zero-order valence-corrected chi connectivity index (χ0v) is 17.2. The molecule has 3 rings (SSSR count). The highest BCUT2D eigenvalue weighted by Gasteiger charge is 2.25. The van der Waals surface area contributed by atoms with Crippen molar-refractivity contribution in [1.29, 1.82) is 0 Å². The third-order valence-corrected chi connectivity index (χ3v) is 6.73. The molecule has 0 bridgehead atoms. The standard InChI is InChI=1S/C20H25N3O5S/c1-28-17-8-6-16(7-9-17)21-19(24)15-22-14-18(10-11-20(22)25)29(26,27)23-12-4-2-3-5-13-23/h6-11,14H,2-5,12-13,15H2,1H3,(H,21,24). The molecule has 1 amide bonds. The highest BCUT2D eigenvalue weighted by atomic mass is 32.2. The Morgan fingerprint density at radius 2 is 1.69 bits per heavy atom. The van der Waals surface area contributed by atoms with E-state index < -0.39 is 21.5 Å². The van der Waals surface area contributed by atoms with Gasteiger partial charge in [0.05, 0.1) is 12.0 Å². The lowest BCUT2D eigenvalue weighted by molar-refractivity contribution is -0.116. The van der Waals surface area contributed by atoms with Crippen LogP contribution in [0.5, 0.6) is 5.75 Å². The number of hydrogen-bond donors (Lipinski definition) is 1. The summed E-state index contributed by atoms with van der Waals surface area (Å²) in [6, 6.07) is 9.26. The monoisotopic (exact) mass is 419 g/mol. The number of ether oxygens (including phenoxy) is 1. The second-order valence-electron chi connectivity index (χ2n) is 6.93. The second kappa shape index (κ2) is 9.23. The number of sulfonamides is 1. The number of methoxy groups -OCH3 is 1. The maximum absolute atomic E-state index is 12.9. The molecule has 156 valence electrons. The molecule has 1 saturated heterocycles. The Morgan fingerprint density at radius 3 is 2.31 bits per heavy atom. The lowest BCUT2D eigenvalue weighted by Crippen LogP contribution is -2.33. The molecule has 9 heteroatoms.